The normalized spacial score (nSPS) is 14.1. The molecule has 0 aliphatic rings. The van der Waals surface area contributed by atoms with Gasteiger partial charge < -0.3 is 20.5 Å². The lowest BCUT2D eigenvalue weighted by Gasteiger charge is -2.23. The Hall–Kier alpha value is -1.18. The van der Waals surface area contributed by atoms with Crippen LogP contribution in [0.1, 0.15) is 13.3 Å². The number of aliphatic hydroxyl groups is 1. The average molecular weight is 276 g/mol. The van der Waals surface area contributed by atoms with Crippen LogP contribution in [0.4, 0.5) is 11.9 Å². The van der Waals surface area contributed by atoms with Crippen molar-refractivity contribution >= 4 is 23.5 Å². The highest BCUT2D eigenvalue weighted by atomic mass is 35.5. The van der Waals surface area contributed by atoms with Gasteiger partial charge in [0.25, 0.3) is 0 Å². The molecule has 0 aliphatic carbocycles. The number of nitrogens with zero attached hydrogens (tertiary/aromatic N) is 3. The van der Waals surface area contributed by atoms with Gasteiger partial charge in [-0.15, -0.1) is 0 Å². The Balaban J connectivity index is 2.59. The predicted octanol–water partition coefficient (Wildman–Crippen LogP) is 0.766. The first-order valence-corrected chi connectivity index (χ1v) is 5.89. The van der Waals surface area contributed by atoms with E-state index in [-0.39, 0.29) is 5.28 Å². The number of hydrogen-bond acceptors (Lipinski definition) is 7. The third-order valence-corrected chi connectivity index (χ3v) is 2.47. The smallest absolute Gasteiger partial charge is 0.228 e. The van der Waals surface area contributed by atoms with Crippen molar-refractivity contribution in [1.29, 1.82) is 0 Å². The molecule has 0 saturated heterocycles. The van der Waals surface area contributed by atoms with E-state index >= 15 is 0 Å². The minimum atomic E-state index is -0.908. The fourth-order valence-electron chi connectivity index (χ4n) is 1.22. The van der Waals surface area contributed by atoms with E-state index in [9.17, 15) is 5.11 Å². The van der Waals surface area contributed by atoms with Crippen molar-refractivity contribution in [3.8, 4) is 0 Å². The van der Waals surface area contributed by atoms with E-state index in [0.29, 0.717) is 31.5 Å². The topological polar surface area (TPSA) is 92.2 Å². The lowest BCUT2D eigenvalue weighted by Crippen LogP contribution is -2.35. The maximum atomic E-state index is 10.0. The third kappa shape index (κ3) is 4.99. The van der Waals surface area contributed by atoms with Gasteiger partial charge in [-0.2, -0.15) is 15.0 Å². The fourth-order valence-corrected chi connectivity index (χ4v) is 1.38. The highest BCUT2D eigenvalue weighted by Crippen LogP contribution is 2.13. The van der Waals surface area contributed by atoms with Crippen LogP contribution in [0.5, 0.6) is 0 Å². The summed E-state index contributed by atoms with van der Waals surface area (Å²) in [4.78, 5) is 11.8. The van der Waals surface area contributed by atoms with E-state index in [0.717, 1.165) is 0 Å². The number of aromatic nitrogens is 3. The van der Waals surface area contributed by atoms with Crippen molar-refractivity contribution in [1.82, 2.24) is 15.0 Å². The molecule has 1 heterocycles. The minimum absolute atomic E-state index is 0.0911. The zero-order chi connectivity index (χ0) is 13.6. The van der Waals surface area contributed by atoms with E-state index in [1.54, 1.807) is 21.1 Å². The Bertz CT molecular complexity index is 389. The lowest BCUT2D eigenvalue weighted by molar-refractivity contribution is 0.0356. The van der Waals surface area contributed by atoms with Crippen LogP contribution >= 0.6 is 11.6 Å². The summed E-state index contributed by atoms with van der Waals surface area (Å²) in [5.74, 6) is 0.686. The summed E-state index contributed by atoms with van der Waals surface area (Å²) in [6.07, 6.45) is 0.508. The van der Waals surface area contributed by atoms with Crippen LogP contribution in [0.15, 0.2) is 0 Å². The molecule has 0 spiro atoms. The van der Waals surface area contributed by atoms with E-state index < -0.39 is 5.60 Å². The van der Waals surface area contributed by atoms with Gasteiger partial charge in [-0.25, -0.2) is 0 Å². The Morgan fingerprint density at radius 2 is 2.00 bits per heavy atom. The van der Waals surface area contributed by atoms with Gasteiger partial charge in [0.1, 0.15) is 0 Å². The first-order chi connectivity index (χ1) is 8.46. The SMILES string of the molecule is CNc1nc(Cl)nc(NCC(C)(O)CCOC)n1. The Morgan fingerprint density at radius 1 is 1.33 bits per heavy atom. The minimum Gasteiger partial charge on any atom is -0.388 e. The zero-order valence-corrected chi connectivity index (χ0v) is 11.5. The molecule has 1 atom stereocenters. The van der Waals surface area contributed by atoms with Crippen molar-refractivity contribution in [2.75, 3.05) is 37.9 Å². The molecule has 1 aromatic heterocycles. The van der Waals surface area contributed by atoms with E-state index in [4.69, 9.17) is 16.3 Å². The largest absolute Gasteiger partial charge is 0.388 e. The molecule has 0 saturated carbocycles. The van der Waals surface area contributed by atoms with Crippen LogP contribution in [0, 0.1) is 0 Å². The second-order valence-corrected chi connectivity index (χ2v) is 4.43. The quantitative estimate of drug-likeness (QED) is 0.677. The molecule has 8 heteroatoms. The van der Waals surface area contributed by atoms with Gasteiger partial charge in [0.2, 0.25) is 17.2 Å². The summed E-state index contributed by atoms with van der Waals surface area (Å²) in [5.41, 5.74) is -0.908. The van der Waals surface area contributed by atoms with E-state index in [2.05, 4.69) is 25.6 Å². The molecular weight excluding hydrogens is 258 g/mol. The lowest BCUT2D eigenvalue weighted by atomic mass is 10.0. The van der Waals surface area contributed by atoms with Crippen LogP contribution < -0.4 is 10.6 Å². The van der Waals surface area contributed by atoms with Gasteiger partial charge >= 0.3 is 0 Å². The molecule has 0 aliphatic heterocycles. The highest BCUT2D eigenvalue weighted by molar-refractivity contribution is 6.28. The second kappa shape index (κ2) is 6.67. The number of halogens is 1. The molecule has 0 fully saturated rings. The molecule has 102 valence electrons. The van der Waals surface area contributed by atoms with Crippen LogP contribution in [0.25, 0.3) is 0 Å². The first-order valence-electron chi connectivity index (χ1n) is 5.51. The Kier molecular flexibility index (Phi) is 5.52. The molecule has 1 rings (SSSR count). The van der Waals surface area contributed by atoms with E-state index in [1.807, 2.05) is 0 Å². The fraction of sp³-hybridized carbons (Fsp3) is 0.700. The monoisotopic (exact) mass is 275 g/mol. The molecule has 1 aromatic rings. The summed E-state index contributed by atoms with van der Waals surface area (Å²) in [5, 5.41) is 15.8. The summed E-state index contributed by atoms with van der Waals surface area (Å²) >= 11 is 5.74. The number of nitrogens with one attached hydrogen (secondary N) is 2. The molecule has 18 heavy (non-hydrogen) atoms. The maximum absolute atomic E-state index is 10.0. The molecule has 7 nitrogen and oxygen atoms in total. The van der Waals surface area contributed by atoms with E-state index in [1.165, 1.54) is 0 Å². The Labute approximate surface area is 111 Å². The predicted molar refractivity (Wildman–Crippen MR) is 70.0 cm³/mol. The summed E-state index contributed by atoms with van der Waals surface area (Å²) < 4.78 is 4.93. The second-order valence-electron chi connectivity index (χ2n) is 4.09. The number of anilines is 2. The maximum Gasteiger partial charge on any atom is 0.228 e. The third-order valence-electron chi connectivity index (χ3n) is 2.30. The number of hydrogen-bond donors (Lipinski definition) is 3. The van der Waals surface area contributed by atoms with Gasteiger partial charge in [-0.1, -0.05) is 0 Å². The molecule has 0 amide bonds. The van der Waals surface area contributed by atoms with Crippen LogP contribution in [-0.4, -0.2) is 53.0 Å². The number of methoxy groups -OCH3 is 1. The zero-order valence-electron chi connectivity index (χ0n) is 10.7. The van der Waals surface area contributed by atoms with Gasteiger partial charge in [-0.05, 0) is 18.5 Å². The van der Waals surface area contributed by atoms with Crippen molar-refractivity contribution < 1.29 is 9.84 Å². The standard InChI is InChI=1S/C10H18ClN5O2/c1-10(17,4-5-18-3)6-13-9-15-7(11)14-8(12-2)16-9/h17H,4-6H2,1-3H3,(H2,12,13,14,15,16). The van der Waals surface area contributed by atoms with Gasteiger partial charge in [0.15, 0.2) is 0 Å². The molecule has 0 bridgehead atoms. The van der Waals surface area contributed by atoms with Crippen molar-refractivity contribution in [2.45, 2.75) is 18.9 Å². The van der Waals surface area contributed by atoms with Crippen molar-refractivity contribution in [3.63, 3.8) is 0 Å². The van der Waals surface area contributed by atoms with Gasteiger partial charge in [0, 0.05) is 33.7 Å². The average Bonchev–Trinajstić information content (AvgIpc) is 2.33. The first kappa shape index (κ1) is 14.9. The van der Waals surface area contributed by atoms with Crippen LogP contribution in [-0.2, 0) is 4.74 Å². The number of ether oxygens (including phenoxy) is 1. The summed E-state index contributed by atoms with van der Waals surface area (Å²) in [7, 11) is 3.28. The van der Waals surface area contributed by atoms with Crippen molar-refractivity contribution in [2.24, 2.45) is 0 Å². The van der Waals surface area contributed by atoms with Gasteiger partial charge in [-0.3, -0.25) is 0 Å². The molecular formula is C10H18ClN5O2. The van der Waals surface area contributed by atoms with Gasteiger partial charge in [0.05, 0.1) is 5.60 Å². The molecule has 1 unspecified atom stereocenters. The van der Waals surface area contributed by atoms with Crippen LogP contribution in [0.2, 0.25) is 5.28 Å². The van der Waals surface area contributed by atoms with Crippen molar-refractivity contribution in [3.05, 3.63) is 5.28 Å². The van der Waals surface area contributed by atoms with Crippen LogP contribution in [0.3, 0.4) is 0 Å². The summed E-state index contributed by atoms with van der Waals surface area (Å²) in [6, 6.07) is 0. The molecule has 0 aromatic carbocycles. The summed E-state index contributed by atoms with van der Waals surface area (Å²) in [6.45, 7) is 2.48. The Morgan fingerprint density at radius 3 is 2.61 bits per heavy atom. The molecule has 0 radical (unpaired) electrons. The number of rotatable bonds is 7. The highest BCUT2D eigenvalue weighted by Gasteiger charge is 2.20. The molecule has 3 N–H and O–H groups in total.